The van der Waals surface area contributed by atoms with Gasteiger partial charge >= 0.3 is 0 Å². The van der Waals surface area contributed by atoms with Crippen LogP contribution in [0.2, 0.25) is 0 Å². The predicted octanol–water partition coefficient (Wildman–Crippen LogP) is 0.552. The van der Waals surface area contributed by atoms with E-state index in [2.05, 4.69) is 27.4 Å². The minimum Gasteiger partial charge on any atom is -0.379 e. The van der Waals surface area contributed by atoms with Gasteiger partial charge in [0.25, 0.3) is 0 Å². The van der Waals surface area contributed by atoms with Crippen molar-refractivity contribution in [2.75, 3.05) is 65.3 Å². The van der Waals surface area contributed by atoms with Crippen LogP contribution < -0.4 is 10.6 Å². The molecule has 1 aliphatic rings. The topological polar surface area (TPSA) is 86.3 Å². The van der Waals surface area contributed by atoms with E-state index in [1.54, 1.807) is 0 Å². The van der Waals surface area contributed by atoms with Gasteiger partial charge in [-0.3, -0.25) is 9.89 Å². The second-order valence-corrected chi connectivity index (χ2v) is 8.23. The molecule has 10 heteroatoms. The summed E-state index contributed by atoms with van der Waals surface area (Å²) in [5.74, 6) is 0.782. The lowest BCUT2D eigenvalue weighted by molar-refractivity contribution is 0.0220. The molecule has 0 aromatic rings. The maximum Gasteiger partial charge on any atom is 0.211 e. The van der Waals surface area contributed by atoms with E-state index < -0.39 is 10.0 Å². The van der Waals surface area contributed by atoms with E-state index in [1.165, 1.54) is 10.6 Å². The maximum absolute atomic E-state index is 11.6. The molecule has 8 nitrogen and oxygen atoms in total. The molecule has 0 bridgehead atoms. The van der Waals surface area contributed by atoms with Crippen LogP contribution in [0, 0.1) is 0 Å². The van der Waals surface area contributed by atoms with Crippen molar-refractivity contribution in [2.24, 2.45) is 4.99 Å². The standard InChI is InChI=1S/C16H35N5O3S.HI/c1-5-17-16(18-8-7-9-21(6-2)25(4,22)23)19-14-15(3)20-10-12-24-13-11-20;/h15H,5-14H2,1-4H3,(H2,17,18,19);1H. The average Bonchev–Trinajstić information content (AvgIpc) is 2.58. The number of aliphatic imine (C=N–C) groups is 1. The Labute approximate surface area is 176 Å². The van der Waals surface area contributed by atoms with E-state index in [0.717, 1.165) is 51.8 Å². The summed E-state index contributed by atoms with van der Waals surface area (Å²) in [5, 5.41) is 6.52. The minimum absolute atomic E-state index is 0. The molecule has 0 saturated carbocycles. The molecule has 1 rings (SSSR count). The van der Waals surface area contributed by atoms with Gasteiger partial charge in [-0.1, -0.05) is 6.92 Å². The van der Waals surface area contributed by atoms with Gasteiger partial charge in [-0.05, 0) is 20.3 Å². The first-order valence-electron chi connectivity index (χ1n) is 9.17. The van der Waals surface area contributed by atoms with E-state index in [1.807, 2.05) is 13.8 Å². The second-order valence-electron chi connectivity index (χ2n) is 6.25. The van der Waals surface area contributed by atoms with Gasteiger partial charge < -0.3 is 15.4 Å². The van der Waals surface area contributed by atoms with E-state index in [9.17, 15) is 8.42 Å². The number of morpholine rings is 1. The highest BCUT2D eigenvalue weighted by molar-refractivity contribution is 14.0. The number of sulfonamides is 1. The van der Waals surface area contributed by atoms with Gasteiger partial charge in [0.05, 0.1) is 26.0 Å². The molecule has 0 spiro atoms. The Kier molecular flexibility index (Phi) is 13.8. The molecule has 0 aromatic heterocycles. The molecule has 26 heavy (non-hydrogen) atoms. The van der Waals surface area contributed by atoms with Gasteiger partial charge in [-0.2, -0.15) is 0 Å². The van der Waals surface area contributed by atoms with Crippen molar-refractivity contribution in [1.82, 2.24) is 19.8 Å². The zero-order valence-corrected chi connectivity index (χ0v) is 19.7. The minimum atomic E-state index is -3.12. The molecular weight excluding hydrogens is 469 g/mol. The number of halogens is 1. The molecule has 2 N–H and O–H groups in total. The summed E-state index contributed by atoms with van der Waals surface area (Å²) in [6.07, 6.45) is 1.99. The van der Waals surface area contributed by atoms with E-state index >= 15 is 0 Å². The average molecular weight is 505 g/mol. The number of guanidine groups is 1. The van der Waals surface area contributed by atoms with E-state index in [4.69, 9.17) is 4.74 Å². The lowest BCUT2D eigenvalue weighted by atomic mass is 10.2. The number of nitrogens with zero attached hydrogens (tertiary/aromatic N) is 3. The quantitative estimate of drug-likeness (QED) is 0.195. The molecule has 0 radical (unpaired) electrons. The summed E-state index contributed by atoms with van der Waals surface area (Å²) in [4.78, 5) is 7.04. The van der Waals surface area contributed by atoms with Gasteiger partial charge in [-0.15, -0.1) is 24.0 Å². The number of rotatable bonds is 10. The van der Waals surface area contributed by atoms with E-state index in [0.29, 0.717) is 25.7 Å². The molecule has 1 fully saturated rings. The number of hydrogen-bond donors (Lipinski definition) is 2. The van der Waals surface area contributed by atoms with Crippen LogP contribution in [0.4, 0.5) is 0 Å². The van der Waals surface area contributed by atoms with Crippen molar-refractivity contribution in [3.8, 4) is 0 Å². The number of ether oxygens (including phenoxy) is 1. The summed E-state index contributed by atoms with van der Waals surface area (Å²) in [6.45, 7) is 12.8. The molecule has 0 aromatic carbocycles. The fraction of sp³-hybridized carbons (Fsp3) is 0.938. The smallest absolute Gasteiger partial charge is 0.211 e. The van der Waals surface area contributed by atoms with E-state index in [-0.39, 0.29) is 24.0 Å². The highest BCUT2D eigenvalue weighted by Crippen LogP contribution is 2.03. The Morgan fingerprint density at radius 1 is 1.27 bits per heavy atom. The largest absolute Gasteiger partial charge is 0.379 e. The number of hydrogen-bond acceptors (Lipinski definition) is 5. The van der Waals surface area contributed by atoms with Crippen LogP contribution in [0.25, 0.3) is 0 Å². The molecular formula is C16H36IN5O3S. The summed E-state index contributed by atoms with van der Waals surface area (Å²) >= 11 is 0. The second kappa shape index (κ2) is 13.9. The normalized spacial score (nSPS) is 17.7. The Balaban J connectivity index is 0.00000625. The van der Waals surface area contributed by atoms with Gasteiger partial charge in [0, 0.05) is 45.3 Å². The van der Waals surface area contributed by atoms with Crippen LogP contribution in [-0.4, -0.2) is 94.9 Å². The lowest BCUT2D eigenvalue weighted by Gasteiger charge is -2.31. The van der Waals surface area contributed by atoms with Crippen LogP contribution in [0.3, 0.4) is 0 Å². The number of nitrogens with one attached hydrogen (secondary N) is 2. The fourth-order valence-electron chi connectivity index (χ4n) is 2.72. The molecule has 1 saturated heterocycles. The van der Waals surface area contributed by atoms with Crippen LogP contribution in [0.5, 0.6) is 0 Å². The van der Waals surface area contributed by atoms with Crippen molar-refractivity contribution in [1.29, 1.82) is 0 Å². The lowest BCUT2D eigenvalue weighted by Crippen LogP contribution is -2.44. The Morgan fingerprint density at radius 2 is 1.92 bits per heavy atom. The molecule has 1 heterocycles. The van der Waals surface area contributed by atoms with Crippen molar-refractivity contribution >= 4 is 40.0 Å². The SMILES string of the molecule is CCNC(=NCC(C)N1CCOCC1)NCCCN(CC)S(C)(=O)=O.I. The summed E-state index contributed by atoms with van der Waals surface area (Å²) in [5.41, 5.74) is 0. The highest BCUT2D eigenvalue weighted by Gasteiger charge is 2.17. The van der Waals surface area contributed by atoms with Crippen molar-refractivity contribution in [2.45, 2.75) is 33.2 Å². The Morgan fingerprint density at radius 3 is 2.46 bits per heavy atom. The first-order valence-corrected chi connectivity index (χ1v) is 11.0. The van der Waals surface area contributed by atoms with Gasteiger partial charge in [0.2, 0.25) is 10.0 Å². The Hall–Kier alpha value is -0.170. The van der Waals surface area contributed by atoms with Crippen LogP contribution >= 0.6 is 24.0 Å². The monoisotopic (exact) mass is 505 g/mol. The van der Waals surface area contributed by atoms with Gasteiger partial charge in [-0.25, -0.2) is 12.7 Å². The molecule has 1 atom stereocenters. The molecule has 0 aliphatic carbocycles. The summed E-state index contributed by atoms with van der Waals surface area (Å²) in [6, 6.07) is 0.375. The first-order chi connectivity index (χ1) is 11.9. The molecule has 0 amide bonds. The fourth-order valence-corrected chi connectivity index (χ4v) is 3.65. The summed E-state index contributed by atoms with van der Waals surface area (Å²) in [7, 11) is -3.12. The Bertz CT molecular complexity index is 498. The molecule has 1 unspecified atom stereocenters. The zero-order valence-electron chi connectivity index (χ0n) is 16.5. The first kappa shape index (κ1) is 25.8. The molecule has 156 valence electrons. The third-order valence-electron chi connectivity index (χ3n) is 4.23. The maximum atomic E-state index is 11.6. The van der Waals surface area contributed by atoms with Crippen LogP contribution in [0.1, 0.15) is 27.2 Å². The van der Waals surface area contributed by atoms with Crippen LogP contribution in [0.15, 0.2) is 4.99 Å². The van der Waals surface area contributed by atoms with Crippen molar-refractivity contribution in [3.05, 3.63) is 0 Å². The third kappa shape index (κ3) is 10.2. The summed E-state index contributed by atoms with van der Waals surface area (Å²) < 4.78 is 30.0. The third-order valence-corrected chi connectivity index (χ3v) is 5.60. The predicted molar refractivity (Wildman–Crippen MR) is 118 cm³/mol. The van der Waals surface area contributed by atoms with Crippen molar-refractivity contribution < 1.29 is 13.2 Å². The van der Waals surface area contributed by atoms with Gasteiger partial charge in [0.1, 0.15) is 0 Å². The zero-order chi connectivity index (χ0) is 18.7. The van der Waals surface area contributed by atoms with Crippen molar-refractivity contribution in [3.63, 3.8) is 0 Å². The van der Waals surface area contributed by atoms with Crippen LogP contribution in [-0.2, 0) is 14.8 Å². The molecule has 1 aliphatic heterocycles. The highest BCUT2D eigenvalue weighted by atomic mass is 127. The van der Waals surface area contributed by atoms with Gasteiger partial charge in [0.15, 0.2) is 5.96 Å².